The summed E-state index contributed by atoms with van der Waals surface area (Å²) in [4.78, 5) is 16.7. The van der Waals surface area contributed by atoms with Crippen LogP contribution in [0.15, 0.2) is 11.8 Å². The van der Waals surface area contributed by atoms with Gasteiger partial charge in [-0.05, 0) is 64.0 Å². The van der Waals surface area contributed by atoms with Gasteiger partial charge in [-0.25, -0.2) is 0 Å². The minimum atomic E-state index is 0.267. The van der Waals surface area contributed by atoms with Gasteiger partial charge in [0, 0.05) is 25.3 Å². The van der Waals surface area contributed by atoms with Crippen molar-refractivity contribution in [2.45, 2.75) is 51.0 Å². The topological polar surface area (TPSA) is 35.6 Å². The molecule has 0 saturated carbocycles. The fourth-order valence-corrected chi connectivity index (χ4v) is 4.09. The number of hydrogen-bond acceptors (Lipinski definition) is 3. The lowest BCUT2D eigenvalue weighted by Gasteiger charge is -2.36. The first kappa shape index (κ1) is 15.0. The molecule has 1 amide bonds. The fraction of sp³-hybridized carbons (Fsp3) is 0.824. The van der Waals surface area contributed by atoms with Gasteiger partial charge < -0.3 is 10.2 Å². The monoisotopic (exact) mass is 291 g/mol. The van der Waals surface area contributed by atoms with E-state index in [1.54, 1.807) is 0 Å². The number of hydrogen-bond donors (Lipinski definition) is 1. The van der Waals surface area contributed by atoms with Crippen molar-refractivity contribution in [2.75, 3.05) is 33.2 Å². The lowest BCUT2D eigenvalue weighted by molar-refractivity contribution is -0.129. The zero-order valence-corrected chi connectivity index (χ0v) is 13.3. The van der Waals surface area contributed by atoms with Gasteiger partial charge in [0.1, 0.15) is 0 Å². The van der Waals surface area contributed by atoms with Crippen LogP contribution in [0.2, 0.25) is 0 Å². The van der Waals surface area contributed by atoms with E-state index in [1.165, 1.54) is 44.3 Å². The molecule has 2 heterocycles. The Balaban J connectivity index is 1.50. The Labute approximate surface area is 128 Å². The summed E-state index contributed by atoms with van der Waals surface area (Å²) in [6.45, 7) is 3.95. The molecule has 118 valence electrons. The van der Waals surface area contributed by atoms with Crippen molar-refractivity contribution in [3.05, 3.63) is 11.8 Å². The van der Waals surface area contributed by atoms with Crippen molar-refractivity contribution >= 4 is 5.91 Å². The molecule has 0 aromatic carbocycles. The average molecular weight is 291 g/mol. The molecule has 2 unspecified atom stereocenters. The minimum Gasteiger partial charge on any atom is -0.318 e. The molecule has 3 aliphatic rings. The highest BCUT2D eigenvalue weighted by molar-refractivity contribution is 5.79. The first-order chi connectivity index (χ1) is 10.2. The quantitative estimate of drug-likeness (QED) is 0.860. The lowest BCUT2D eigenvalue weighted by Crippen LogP contribution is -2.47. The van der Waals surface area contributed by atoms with E-state index in [9.17, 15) is 4.79 Å². The van der Waals surface area contributed by atoms with E-state index >= 15 is 0 Å². The Kier molecular flexibility index (Phi) is 4.96. The second-order valence-electron chi connectivity index (χ2n) is 6.88. The SMILES string of the molecule is CN(C(=O)CN1CCCC(C2CCCN2)C1)C1=CCCC1. The molecule has 0 spiro atoms. The molecule has 4 nitrogen and oxygen atoms in total. The van der Waals surface area contributed by atoms with Crippen LogP contribution in [-0.4, -0.2) is 55.0 Å². The third kappa shape index (κ3) is 3.67. The smallest absolute Gasteiger partial charge is 0.240 e. The van der Waals surface area contributed by atoms with E-state index < -0.39 is 0 Å². The second kappa shape index (κ2) is 6.93. The van der Waals surface area contributed by atoms with E-state index in [4.69, 9.17) is 0 Å². The number of nitrogens with one attached hydrogen (secondary N) is 1. The number of carbonyl (C=O) groups is 1. The number of likely N-dealkylation sites (tertiary alicyclic amines) is 1. The minimum absolute atomic E-state index is 0.267. The van der Waals surface area contributed by atoms with Crippen LogP contribution in [0.5, 0.6) is 0 Å². The Morgan fingerprint density at radius 2 is 2.29 bits per heavy atom. The number of carbonyl (C=O) groups excluding carboxylic acids is 1. The number of amides is 1. The Bertz CT molecular complexity index is 401. The summed E-state index contributed by atoms with van der Waals surface area (Å²) in [7, 11) is 1.94. The molecule has 2 aliphatic heterocycles. The number of likely N-dealkylation sites (N-methyl/N-ethyl adjacent to an activating group) is 1. The summed E-state index contributed by atoms with van der Waals surface area (Å²) in [6.07, 6.45) is 10.8. The van der Waals surface area contributed by atoms with Crippen molar-refractivity contribution in [3.63, 3.8) is 0 Å². The van der Waals surface area contributed by atoms with Gasteiger partial charge >= 0.3 is 0 Å². The van der Waals surface area contributed by atoms with Crippen LogP contribution < -0.4 is 5.32 Å². The van der Waals surface area contributed by atoms with Crippen LogP contribution in [0.3, 0.4) is 0 Å². The molecule has 21 heavy (non-hydrogen) atoms. The van der Waals surface area contributed by atoms with Gasteiger partial charge in [-0.15, -0.1) is 0 Å². The number of piperidine rings is 1. The molecule has 0 aromatic rings. The second-order valence-corrected chi connectivity index (χ2v) is 6.88. The molecule has 3 rings (SSSR count). The van der Waals surface area contributed by atoms with Crippen LogP contribution in [0.1, 0.15) is 44.9 Å². The third-order valence-electron chi connectivity index (χ3n) is 5.39. The van der Waals surface area contributed by atoms with E-state index in [2.05, 4.69) is 16.3 Å². The highest BCUT2D eigenvalue weighted by atomic mass is 16.2. The van der Waals surface area contributed by atoms with Crippen molar-refractivity contribution in [2.24, 2.45) is 5.92 Å². The normalized spacial score (nSPS) is 30.4. The largest absolute Gasteiger partial charge is 0.318 e. The van der Waals surface area contributed by atoms with Gasteiger partial charge in [-0.1, -0.05) is 6.08 Å². The standard InChI is InChI=1S/C17H29N3O/c1-19(15-7-2-3-8-15)17(21)13-20-11-5-6-14(12-20)16-9-4-10-18-16/h7,14,16,18H,2-6,8-13H2,1H3. The van der Waals surface area contributed by atoms with E-state index in [-0.39, 0.29) is 5.91 Å². The Hall–Kier alpha value is -0.870. The molecule has 2 saturated heterocycles. The summed E-state index contributed by atoms with van der Waals surface area (Å²) >= 11 is 0. The maximum Gasteiger partial charge on any atom is 0.240 e. The maximum atomic E-state index is 12.5. The van der Waals surface area contributed by atoms with Crippen molar-refractivity contribution < 1.29 is 4.79 Å². The summed E-state index contributed by atoms with van der Waals surface area (Å²) < 4.78 is 0. The summed E-state index contributed by atoms with van der Waals surface area (Å²) in [5.74, 6) is 1.01. The molecule has 2 atom stereocenters. The van der Waals surface area contributed by atoms with E-state index in [1.807, 2.05) is 11.9 Å². The van der Waals surface area contributed by atoms with Gasteiger partial charge in [0.15, 0.2) is 0 Å². The van der Waals surface area contributed by atoms with Crippen LogP contribution >= 0.6 is 0 Å². The molecule has 1 aliphatic carbocycles. The zero-order valence-electron chi connectivity index (χ0n) is 13.3. The van der Waals surface area contributed by atoms with Crippen LogP contribution in [0.4, 0.5) is 0 Å². The summed E-state index contributed by atoms with van der Waals surface area (Å²) in [6, 6.07) is 0.693. The highest BCUT2D eigenvalue weighted by Gasteiger charge is 2.30. The third-order valence-corrected chi connectivity index (χ3v) is 5.39. The van der Waals surface area contributed by atoms with E-state index in [0.717, 1.165) is 31.8 Å². The molecule has 0 radical (unpaired) electrons. The number of allylic oxidation sites excluding steroid dienone is 2. The van der Waals surface area contributed by atoms with E-state index in [0.29, 0.717) is 12.6 Å². The van der Waals surface area contributed by atoms with Crippen molar-refractivity contribution in [1.82, 2.24) is 15.1 Å². The highest BCUT2D eigenvalue weighted by Crippen LogP contribution is 2.25. The molecule has 2 fully saturated rings. The predicted molar refractivity (Wildman–Crippen MR) is 84.9 cm³/mol. The number of rotatable bonds is 4. The van der Waals surface area contributed by atoms with Gasteiger partial charge in [0.25, 0.3) is 0 Å². The molecule has 0 bridgehead atoms. The lowest BCUT2D eigenvalue weighted by atomic mass is 9.90. The van der Waals surface area contributed by atoms with Gasteiger partial charge in [-0.3, -0.25) is 9.69 Å². The Morgan fingerprint density at radius 3 is 3.00 bits per heavy atom. The first-order valence-electron chi connectivity index (χ1n) is 8.65. The molecule has 4 heteroatoms. The average Bonchev–Trinajstić information content (AvgIpc) is 3.20. The molecular formula is C17H29N3O. The van der Waals surface area contributed by atoms with Gasteiger partial charge in [0.05, 0.1) is 6.54 Å². The van der Waals surface area contributed by atoms with Crippen molar-refractivity contribution in [1.29, 1.82) is 0 Å². The number of nitrogens with zero attached hydrogens (tertiary/aromatic N) is 2. The van der Waals surface area contributed by atoms with Crippen LogP contribution in [0, 0.1) is 5.92 Å². The molecular weight excluding hydrogens is 262 g/mol. The fourth-order valence-electron chi connectivity index (χ4n) is 4.09. The van der Waals surface area contributed by atoms with Crippen molar-refractivity contribution in [3.8, 4) is 0 Å². The molecule has 1 N–H and O–H groups in total. The van der Waals surface area contributed by atoms with Gasteiger partial charge in [-0.2, -0.15) is 0 Å². The van der Waals surface area contributed by atoms with Crippen LogP contribution in [0.25, 0.3) is 0 Å². The summed E-state index contributed by atoms with van der Waals surface area (Å²) in [5.41, 5.74) is 1.23. The predicted octanol–water partition coefficient (Wildman–Crippen LogP) is 1.98. The maximum absolute atomic E-state index is 12.5. The zero-order chi connectivity index (χ0) is 14.7. The first-order valence-corrected chi connectivity index (χ1v) is 8.65. The summed E-state index contributed by atoms with van der Waals surface area (Å²) in [5, 5.41) is 3.64. The van der Waals surface area contributed by atoms with Crippen LogP contribution in [-0.2, 0) is 4.79 Å². The molecule has 0 aromatic heterocycles. The van der Waals surface area contributed by atoms with Gasteiger partial charge in [0.2, 0.25) is 5.91 Å². The Morgan fingerprint density at radius 1 is 1.38 bits per heavy atom.